The van der Waals surface area contributed by atoms with Crippen molar-refractivity contribution >= 4 is 16.9 Å². The number of aromatic nitrogens is 3. The number of carbonyl (C=O) groups is 1. The molecule has 1 N–H and O–H groups in total. The Bertz CT molecular complexity index is 987. The zero-order valence-corrected chi connectivity index (χ0v) is 17.4. The van der Waals surface area contributed by atoms with Crippen LogP contribution in [0.15, 0.2) is 42.6 Å². The maximum absolute atomic E-state index is 12.9. The molecule has 2 aromatic heterocycles. The summed E-state index contributed by atoms with van der Waals surface area (Å²) in [5.74, 6) is -0.0318. The summed E-state index contributed by atoms with van der Waals surface area (Å²) in [6, 6.07) is 12.9. The molecular weight excluding hydrogens is 362 g/mol. The predicted molar refractivity (Wildman–Crippen MR) is 115 cm³/mol. The molecule has 4 rings (SSSR count). The van der Waals surface area contributed by atoms with E-state index in [4.69, 9.17) is 0 Å². The maximum Gasteiger partial charge on any atom is 0.253 e. The molecule has 0 unspecified atom stereocenters. The Hall–Kier alpha value is -2.73. The molecule has 1 aromatic carbocycles. The van der Waals surface area contributed by atoms with Gasteiger partial charge < -0.3 is 5.32 Å². The van der Waals surface area contributed by atoms with Gasteiger partial charge in [0.25, 0.3) is 5.91 Å². The van der Waals surface area contributed by atoms with Crippen LogP contribution < -0.4 is 5.32 Å². The first kappa shape index (κ1) is 19.6. The van der Waals surface area contributed by atoms with Crippen molar-refractivity contribution in [2.45, 2.75) is 52.2 Å². The number of nitrogens with one attached hydrogen (secondary N) is 1. The molecule has 29 heavy (non-hydrogen) atoms. The van der Waals surface area contributed by atoms with Gasteiger partial charge in [-0.3, -0.25) is 9.69 Å². The van der Waals surface area contributed by atoms with Gasteiger partial charge in [-0.05, 0) is 45.2 Å². The lowest BCUT2D eigenvalue weighted by Crippen LogP contribution is -2.44. The third-order valence-corrected chi connectivity index (χ3v) is 5.67. The van der Waals surface area contributed by atoms with Crippen LogP contribution in [0.25, 0.3) is 11.0 Å². The number of amides is 1. The molecule has 0 aliphatic carbocycles. The van der Waals surface area contributed by atoms with Crippen molar-refractivity contribution in [1.82, 2.24) is 25.0 Å². The predicted octanol–water partition coefficient (Wildman–Crippen LogP) is 3.72. The summed E-state index contributed by atoms with van der Waals surface area (Å²) in [4.78, 5) is 20.0. The van der Waals surface area contributed by atoms with Crippen LogP contribution in [0.4, 0.5) is 0 Å². The Morgan fingerprint density at radius 3 is 2.62 bits per heavy atom. The van der Waals surface area contributed by atoms with Crippen molar-refractivity contribution in [3.63, 3.8) is 0 Å². The quantitative estimate of drug-likeness (QED) is 0.720. The van der Waals surface area contributed by atoms with Crippen molar-refractivity contribution in [1.29, 1.82) is 0 Å². The number of benzene rings is 1. The number of aryl methyl sites for hydroxylation is 1. The SMILES string of the molecule is Cc1nc2c(cnn2C(C)C)cc1C(=O)NC1CCN(Cc2ccccc2)CC1. The van der Waals surface area contributed by atoms with Gasteiger partial charge in [0.05, 0.1) is 17.5 Å². The summed E-state index contributed by atoms with van der Waals surface area (Å²) in [5.41, 5.74) is 3.57. The highest BCUT2D eigenvalue weighted by Crippen LogP contribution is 2.20. The van der Waals surface area contributed by atoms with E-state index in [1.54, 1.807) is 6.20 Å². The molecule has 0 bridgehead atoms. The van der Waals surface area contributed by atoms with E-state index in [1.807, 2.05) is 23.7 Å². The first-order valence-electron chi connectivity index (χ1n) is 10.4. The van der Waals surface area contributed by atoms with Crippen LogP contribution >= 0.6 is 0 Å². The molecule has 3 aromatic rings. The summed E-state index contributed by atoms with van der Waals surface area (Å²) in [6.45, 7) is 9.02. The standard InChI is InChI=1S/C23H29N5O/c1-16(2)28-22-19(14-24-28)13-21(17(3)25-22)23(29)26-20-9-11-27(12-10-20)15-18-7-5-4-6-8-18/h4-8,13-14,16,20H,9-12,15H2,1-3H3,(H,26,29). The highest BCUT2D eigenvalue weighted by atomic mass is 16.1. The normalized spacial score (nSPS) is 15.9. The van der Waals surface area contributed by atoms with Gasteiger partial charge in [-0.1, -0.05) is 30.3 Å². The molecule has 1 fully saturated rings. The number of likely N-dealkylation sites (tertiary alicyclic amines) is 1. The minimum absolute atomic E-state index is 0.0318. The molecule has 0 saturated carbocycles. The van der Waals surface area contributed by atoms with Crippen molar-refractivity contribution in [2.75, 3.05) is 13.1 Å². The van der Waals surface area contributed by atoms with Crippen molar-refractivity contribution in [2.24, 2.45) is 0 Å². The topological polar surface area (TPSA) is 63.1 Å². The minimum Gasteiger partial charge on any atom is -0.349 e. The minimum atomic E-state index is -0.0318. The van der Waals surface area contributed by atoms with E-state index < -0.39 is 0 Å². The summed E-state index contributed by atoms with van der Waals surface area (Å²) < 4.78 is 1.90. The first-order valence-corrected chi connectivity index (χ1v) is 10.4. The molecule has 1 aliphatic heterocycles. The number of piperidine rings is 1. The van der Waals surface area contributed by atoms with Crippen molar-refractivity contribution in [3.8, 4) is 0 Å². The summed E-state index contributed by atoms with van der Waals surface area (Å²) >= 11 is 0. The number of rotatable bonds is 5. The van der Waals surface area contributed by atoms with Gasteiger partial charge in [0.1, 0.15) is 0 Å². The lowest BCUT2D eigenvalue weighted by Gasteiger charge is -2.32. The Balaban J connectivity index is 1.38. The fourth-order valence-electron chi connectivity index (χ4n) is 4.01. The van der Waals surface area contributed by atoms with E-state index >= 15 is 0 Å². The molecular formula is C23H29N5O. The molecule has 3 heterocycles. The van der Waals surface area contributed by atoms with Crippen LogP contribution in [0.2, 0.25) is 0 Å². The number of hydrogen-bond acceptors (Lipinski definition) is 4. The van der Waals surface area contributed by atoms with Crippen molar-refractivity contribution in [3.05, 3.63) is 59.4 Å². The van der Waals surface area contributed by atoms with E-state index in [0.717, 1.165) is 49.2 Å². The van der Waals surface area contributed by atoms with Gasteiger partial charge in [-0.25, -0.2) is 9.67 Å². The summed E-state index contributed by atoms with van der Waals surface area (Å²) in [7, 11) is 0. The lowest BCUT2D eigenvalue weighted by atomic mass is 10.0. The van der Waals surface area contributed by atoms with Crippen LogP contribution in [0.3, 0.4) is 0 Å². The summed E-state index contributed by atoms with van der Waals surface area (Å²) in [5, 5.41) is 8.54. The second kappa shape index (κ2) is 8.33. The molecule has 1 saturated heterocycles. The van der Waals surface area contributed by atoms with E-state index in [2.05, 4.69) is 58.4 Å². The monoisotopic (exact) mass is 391 g/mol. The zero-order chi connectivity index (χ0) is 20.4. The second-order valence-corrected chi connectivity index (χ2v) is 8.23. The molecule has 0 radical (unpaired) electrons. The molecule has 6 nitrogen and oxygen atoms in total. The van der Waals surface area contributed by atoms with Gasteiger partial charge in [0.2, 0.25) is 0 Å². The molecule has 152 valence electrons. The number of nitrogens with zero attached hydrogens (tertiary/aromatic N) is 4. The van der Waals surface area contributed by atoms with Crippen LogP contribution in [0, 0.1) is 6.92 Å². The van der Waals surface area contributed by atoms with Crippen LogP contribution in [-0.2, 0) is 6.54 Å². The Kier molecular flexibility index (Phi) is 5.62. The Morgan fingerprint density at radius 2 is 1.93 bits per heavy atom. The largest absolute Gasteiger partial charge is 0.349 e. The third kappa shape index (κ3) is 4.32. The van der Waals surface area contributed by atoms with E-state index in [0.29, 0.717) is 5.56 Å². The molecule has 1 aliphatic rings. The number of pyridine rings is 1. The first-order chi connectivity index (χ1) is 14.0. The summed E-state index contributed by atoms with van der Waals surface area (Å²) in [6.07, 6.45) is 3.73. The van der Waals surface area contributed by atoms with Crippen molar-refractivity contribution < 1.29 is 4.79 Å². The number of fused-ring (bicyclic) bond motifs is 1. The average Bonchev–Trinajstić information content (AvgIpc) is 3.12. The van der Waals surface area contributed by atoms with E-state index in [-0.39, 0.29) is 18.0 Å². The van der Waals surface area contributed by atoms with Gasteiger partial charge in [0.15, 0.2) is 5.65 Å². The van der Waals surface area contributed by atoms with Crippen LogP contribution in [0.1, 0.15) is 54.3 Å². The second-order valence-electron chi connectivity index (χ2n) is 8.23. The van der Waals surface area contributed by atoms with Crippen LogP contribution in [0.5, 0.6) is 0 Å². The zero-order valence-electron chi connectivity index (χ0n) is 17.4. The fourth-order valence-corrected chi connectivity index (χ4v) is 4.01. The van der Waals surface area contributed by atoms with Gasteiger partial charge in [0, 0.05) is 37.1 Å². The average molecular weight is 392 g/mol. The molecule has 0 spiro atoms. The van der Waals surface area contributed by atoms with Crippen LogP contribution in [-0.4, -0.2) is 44.7 Å². The molecule has 6 heteroatoms. The van der Waals surface area contributed by atoms with E-state index in [1.165, 1.54) is 5.56 Å². The molecule has 0 atom stereocenters. The fraction of sp³-hybridized carbons (Fsp3) is 0.435. The van der Waals surface area contributed by atoms with Gasteiger partial charge >= 0.3 is 0 Å². The highest BCUT2D eigenvalue weighted by Gasteiger charge is 2.23. The Labute approximate surface area is 171 Å². The smallest absolute Gasteiger partial charge is 0.253 e. The Morgan fingerprint density at radius 1 is 1.21 bits per heavy atom. The van der Waals surface area contributed by atoms with E-state index in [9.17, 15) is 4.79 Å². The third-order valence-electron chi connectivity index (χ3n) is 5.67. The molecule has 1 amide bonds. The van der Waals surface area contributed by atoms with Gasteiger partial charge in [-0.15, -0.1) is 0 Å². The lowest BCUT2D eigenvalue weighted by molar-refractivity contribution is 0.0908. The maximum atomic E-state index is 12.9. The highest BCUT2D eigenvalue weighted by molar-refractivity contribution is 5.98. The van der Waals surface area contributed by atoms with Gasteiger partial charge in [-0.2, -0.15) is 5.10 Å². The number of hydrogen-bond donors (Lipinski definition) is 1. The number of carbonyl (C=O) groups excluding carboxylic acids is 1.